The Morgan fingerprint density at radius 1 is 0.284 bits per heavy atom. The highest BCUT2D eigenvalue weighted by Crippen LogP contribution is 2.39. The molecule has 28 nitrogen and oxygen atoms in total. The minimum Gasteiger partial charge on any atom is -0.368 e. The predicted octanol–water partition coefficient (Wildman–Crippen LogP) is 18.7. The molecule has 4 amide bonds. The molecule has 0 bridgehead atoms. The van der Waals surface area contributed by atoms with Crippen LogP contribution in [0.3, 0.4) is 0 Å². The molecular formula is C104H120F12N12O16S4. The first kappa shape index (κ1) is 113. The van der Waals surface area contributed by atoms with E-state index in [0.717, 1.165) is 67.6 Å². The van der Waals surface area contributed by atoms with E-state index in [-0.39, 0.29) is 168 Å². The quantitative estimate of drug-likeness (QED) is 0.0285. The molecule has 4 N–H and O–H groups in total. The average Bonchev–Trinajstić information content (AvgIpc) is 1.65. The molecule has 44 heteroatoms. The minimum absolute atomic E-state index is 0.0219. The number of halogens is 12. The zero-order valence-electron chi connectivity index (χ0n) is 82.9. The third-order valence-corrected chi connectivity index (χ3v) is 33.9. The van der Waals surface area contributed by atoms with Crippen LogP contribution in [0.4, 0.5) is 52.7 Å². The fourth-order valence-corrected chi connectivity index (χ4v) is 21.9. The first-order valence-corrected chi connectivity index (χ1v) is 55.8. The molecule has 0 spiro atoms. The second kappa shape index (κ2) is 48.5. The number of rotatable bonds is 32. The van der Waals surface area contributed by atoms with Crippen LogP contribution >= 0.6 is 0 Å². The Morgan fingerprint density at radius 2 is 0.466 bits per heavy atom. The maximum atomic E-state index is 12.9. The number of fused-ring (bicyclic) bond motifs is 4. The van der Waals surface area contributed by atoms with Crippen LogP contribution in [0.2, 0.25) is 0 Å². The molecule has 4 aliphatic heterocycles. The standard InChI is InChI=1S/4C26H30F3N3O4S/c4*1-3-32-22-11-8-19(25(33)30-15-17-5-9-20(10-6-17)37(34,35)4-2)14-21(22)31-24(32)13-18-7-12-23(36-16-18)26(27,28)29/h4*5-6,8-11,14,18,23H,3-4,7,12-13,15-16H2,1-2H3,(H,30,33)/t2*18-,23+;2*18-,23-/m1010/s1. The lowest BCUT2D eigenvalue weighted by Gasteiger charge is -2.30. The Kier molecular flexibility index (Phi) is 37.2. The van der Waals surface area contributed by atoms with Gasteiger partial charge < -0.3 is 58.5 Å². The van der Waals surface area contributed by atoms with E-state index >= 15 is 0 Å². The highest BCUT2D eigenvalue weighted by Gasteiger charge is 2.47. The normalized spacial score (nSPS) is 18.7. The van der Waals surface area contributed by atoms with Gasteiger partial charge in [0, 0.05) is 100 Å². The molecule has 8 heterocycles. The van der Waals surface area contributed by atoms with Gasteiger partial charge >= 0.3 is 24.7 Å². The number of nitrogens with one attached hydrogen (secondary N) is 4. The maximum absolute atomic E-state index is 12.9. The van der Waals surface area contributed by atoms with E-state index in [9.17, 15) is 106 Å². The number of benzene rings is 8. The maximum Gasteiger partial charge on any atom is 0.414 e. The summed E-state index contributed by atoms with van der Waals surface area (Å²) in [6.07, 6.45) is -20.7. The van der Waals surface area contributed by atoms with E-state index in [1.54, 1.807) is 125 Å². The van der Waals surface area contributed by atoms with Gasteiger partial charge in [-0.2, -0.15) is 52.7 Å². The molecule has 4 aliphatic rings. The monoisotopic (exact) mass is 2150 g/mol. The molecule has 8 atom stereocenters. The molecular weight excluding hydrogens is 2030 g/mol. The fourth-order valence-electron chi connectivity index (χ4n) is 18.3. The number of aryl methyl sites for hydroxylation is 4. The van der Waals surface area contributed by atoms with E-state index in [0.29, 0.717) is 122 Å². The van der Waals surface area contributed by atoms with Crippen LogP contribution in [0.5, 0.6) is 0 Å². The van der Waals surface area contributed by atoms with Gasteiger partial charge in [-0.3, -0.25) is 19.2 Å². The lowest BCUT2D eigenvalue weighted by atomic mass is 9.95. The summed E-state index contributed by atoms with van der Waals surface area (Å²) in [5.41, 5.74) is 10.8. The van der Waals surface area contributed by atoms with E-state index < -0.39 is 88.5 Å². The molecule has 148 heavy (non-hydrogen) atoms. The van der Waals surface area contributed by atoms with Crippen LogP contribution in [-0.2, 0) is 136 Å². The summed E-state index contributed by atoms with van der Waals surface area (Å²) in [4.78, 5) is 70.9. The van der Waals surface area contributed by atoms with Crippen molar-refractivity contribution in [3.63, 3.8) is 0 Å². The van der Waals surface area contributed by atoms with Crippen molar-refractivity contribution in [2.45, 2.75) is 254 Å². The Balaban J connectivity index is 0.000000165. The van der Waals surface area contributed by atoms with Crippen LogP contribution in [-0.4, -0.2) is 194 Å². The zero-order valence-corrected chi connectivity index (χ0v) is 86.1. The van der Waals surface area contributed by atoms with E-state index in [1.807, 2.05) is 70.2 Å². The van der Waals surface area contributed by atoms with Crippen molar-refractivity contribution in [2.75, 3.05) is 49.4 Å². The van der Waals surface area contributed by atoms with Gasteiger partial charge in [0.1, 0.15) is 23.3 Å². The van der Waals surface area contributed by atoms with Crippen LogP contribution in [0.1, 0.15) is 194 Å². The molecule has 12 aromatic rings. The predicted molar refractivity (Wildman–Crippen MR) is 532 cm³/mol. The topological polar surface area (TPSA) is 361 Å². The van der Waals surface area contributed by atoms with Crippen molar-refractivity contribution >= 4 is 107 Å². The molecule has 16 rings (SSSR count). The molecule has 0 radical (unpaired) electrons. The van der Waals surface area contributed by atoms with Gasteiger partial charge in [-0.25, -0.2) is 53.6 Å². The Labute approximate surface area is 850 Å². The smallest absolute Gasteiger partial charge is 0.368 e. The third-order valence-electron chi connectivity index (χ3n) is 26.9. The Morgan fingerprint density at radius 3 is 0.615 bits per heavy atom. The number of aromatic nitrogens is 8. The molecule has 0 saturated carbocycles. The first-order chi connectivity index (χ1) is 70.1. The number of hydrogen-bond acceptors (Lipinski definition) is 20. The van der Waals surface area contributed by atoms with Crippen molar-refractivity contribution in [2.24, 2.45) is 23.7 Å². The van der Waals surface area contributed by atoms with Crippen molar-refractivity contribution in [1.82, 2.24) is 59.5 Å². The lowest BCUT2D eigenvalue weighted by molar-refractivity contribution is -0.236. The highest BCUT2D eigenvalue weighted by atomic mass is 32.2. The summed E-state index contributed by atoms with van der Waals surface area (Å²) in [5.74, 6) is 1.74. The molecule has 8 aromatic carbocycles. The second-order valence-electron chi connectivity index (χ2n) is 36.9. The zero-order chi connectivity index (χ0) is 107. The molecule has 800 valence electrons. The molecule has 4 aromatic heterocycles. The molecule has 0 aliphatic carbocycles. The second-order valence-corrected chi connectivity index (χ2v) is 46.0. The van der Waals surface area contributed by atoms with E-state index in [1.165, 1.54) is 48.5 Å². The highest BCUT2D eigenvalue weighted by molar-refractivity contribution is 7.92. The van der Waals surface area contributed by atoms with Crippen molar-refractivity contribution in [3.05, 3.63) is 238 Å². The van der Waals surface area contributed by atoms with Crippen LogP contribution in [0, 0.1) is 23.7 Å². The largest absolute Gasteiger partial charge is 0.414 e. The molecule has 4 fully saturated rings. The Bertz CT molecular complexity index is 6290. The summed E-state index contributed by atoms with van der Waals surface area (Å²) >= 11 is 0. The summed E-state index contributed by atoms with van der Waals surface area (Å²) in [6, 6.07) is 46.6. The number of carbonyl (C=O) groups is 4. The number of carbonyl (C=O) groups excluding carboxylic acids is 4. The van der Waals surface area contributed by atoms with Gasteiger partial charge in [0.2, 0.25) is 0 Å². The van der Waals surface area contributed by atoms with Gasteiger partial charge in [-0.15, -0.1) is 0 Å². The third kappa shape index (κ3) is 28.7. The number of sulfone groups is 4. The SMILES string of the molecule is CCn1c(C[C@@H]2CC[C@@H](C(F)(F)F)OC2)nc2cc(C(=O)NCc3ccc(S(=O)(=O)CC)cc3)ccc21.CCn1c(C[C@@H]2CC[C@H](C(F)(F)F)OC2)nc2cc(C(=O)NCc3ccc(S(=O)(=O)CC)cc3)ccc21.CCn1c(C[C@H]2CC[C@@H](C(F)(F)F)OC2)nc2cc(C(=O)NCc3ccc(S(=O)(=O)CC)cc3)ccc21.CCn1c(C[C@H]2CC[C@H](C(F)(F)F)OC2)nc2cc(C(=O)NCc3ccc(S(=O)(=O)CC)cc3)ccc21. The van der Waals surface area contributed by atoms with Gasteiger partial charge in [0.25, 0.3) is 23.6 Å². The van der Waals surface area contributed by atoms with Crippen LogP contribution in [0.15, 0.2) is 189 Å². The van der Waals surface area contributed by atoms with E-state index in [2.05, 4.69) is 21.3 Å². The first-order valence-electron chi connectivity index (χ1n) is 49.2. The molecule has 0 unspecified atom stereocenters. The number of amides is 4. The summed E-state index contributed by atoms with van der Waals surface area (Å²) in [5, 5.41) is 11.4. The van der Waals surface area contributed by atoms with Crippen LogP contribution in [0.25, 0.3) is 44.1 Å². The Hall–Kier alpha value is -11.7. The van der Waals surface area contributed by atoms with Gasteiger partial charge in [-0.05, 0) is 246 Å². The number of alkyl halides is 12. The van der Waals surface area contributed by atoms with Gasteiger partial charge in [0.15, 0.2) is 63.8 Å². The number of ether oxygens (including phenoxy) is 4. The number of nitrogens with zero attached hydrogens (tertiary/aromatic N) is 8. The minimum atomic E-state index is -4.34. The summed E-state index contributed by atoms with van der Waals surface area (Å²) in [7, 11) is -13.1. The van der Waals surface area contributed by atoms with Crippen LogP contribution < -0.4 is 21.3 Å². The van der Waals surface area contributed by atoms with Crippen molar-refractivity contribution < 1.29 is 124 Å². The van der Waals surface area contributed by atoms with E-state index in [4.69, 9.17) is 38.9 Å². The molecule has 4 saturated heterocycles. The fraction of sp³-hybridized carbons (Fsp3) is 0.462. The number of hydrogen-bond donors (Lipinski definition) is 4. The van der Waals surface area contributed by atoms with Gasteiger partial charge in [-0.1, -0.05) is 76.2 Å². The summed E-state index contributed by atoms with van der Waals surface area (Å²) in [6.45, 7) is 17.9. The summed E-state index contributed by atoms with van der Waals surface area (Å²) < 4.78 is 279. The average molecular weight is 2150 g/mol. The number of imidazole rings is 4. The lowest BCUT2D eigenvalue weighted by Crippen LogP contribution is -2.38. The van der Waals surface area contributed by atoms with Gasteiger partial charge in [0.05, 0.1) is 113 Å². The van der Waals surface area contributed by atoms with Crippen molar-refractivity contribution in [3.8, 4) is 0 Å². The van der Waals surface area contributed by atoms with Crippen molar-refractivity contribution in [1.29, 1.82) is 0 Å².